The molecule has 6 heteroatoms. The molecule has 5 nitrogen and oxygen atoms in total. The lowest BCUT2D eigenvalue weighted by atomic mass is 10.2. The molecule has 1 heterocycles. The molecule has 2 aromatic rings. The van der Waals surface area contributed by atoms with Crippen molar-refractivity contribution in [2.75, 3.05) is 18.2 Å². The summed E-state index contributed by atoms with van der Waals surface area (Å²) >= 11 is 6.00. The number of benzene rings is 1. The van der Waals surface area contributed by atoms with Gasteiger partial charge in [-0.25, -0.2) is 4.98 Å². The van der Waals surface area contributed by atoms with Crippen molar-refractivity contribution >= 4 is 29.0 Å². The van der Waals surface area contributed by atoms with Crippen LogP contribution in [-0.2, 0) is 0 Å². The highest BCUT2D eigenvalue weighted by atomic mass is 35.5. The third-order valence-electron chi connectivity index (χ3n) is 2.42. The van der Waals surface area contributed by atoms with E-state index < -0.39 is 0 Å². The lowest BCUT2D eigenvalue weighted by molar-refractivity contribution is 0.102. The number of nitrogens with one attached hydrogen (secondary N) is 1. The number of rotatable bonds is 3. The predicted molar refractivity (Wildman–Crippen MR) is 74.6 cm³/mol. The molecular weight excluding hydrogens is 266 g/mol. The second-order valence-corrected chi connectivity index (χ2v) is 4.15. The lowest BCUT2D eigenvalue weighted by Gasteiger charge is -2.09. The summed E-state index contributed by atoms with van der Waals surface area (Å²) in [6.07, 6.45) is 0. The molecule has 0 bridgehead atoms. The Morgan fingerprint density at radius 3 is 2.84 bits per heavy atom. The van der Waals surface area contributed by atoms with Gasteiger partial charge in [0.15, 0.2) is 0 Å². The average Bonchev–Trinajstić information content (AvgIpc) is 2.41. The molecule has 0 aliphatic heterocycles. The number of hydrogen-bond donors (Lipinski definition) is 2. The van der Waals surface area contributed by atoms with Gasteiger partial charge in [-0.1, -0.05) is 17.7 Å². The minimum atomic E-state index is -0.387. The van der Waals surface area contributed by atoms with Gasteiger partial charge in [0.05, 0.1) is 17.8 Å². The normalized spacial score (nSPS) is 10.0. The van der Waals surface area contributed by atoms with Gasteiger partial charge in [0.2, 0.25) is 0 Å². The molecule has 1 aromatic carbocycles. The standard InChI is InChI=1S/C13H12ClN3O2/c1-19-8-5-6-9(14)11(7-8)17-13(18)10-3-2-4-12(15)16-10/h2-7H,1H3,(H2,15,16)(H,17,18). The van der Waals surface area contributed by atoms with Crippen LogP contribution in [0, 0.1) is 0 Å². The van der Waals surface area contributed by atoms with Gasteiger partial charge < -0.3 is 15.8 Å². The summed E-state index contributed by atoms with van der Waals surface area (Å²) in [4.78, 5) is 15.9. The molecule has 1 aromatic heterocycles. The molecule has 0 atom stereocenters. The van der Waals surface area contributed by atoms with Crippen LogP contribution in [0.1, 0.15) is 10.5 Å². The number of pyridine rings is 1. The monoisotopic (exact) mass is 277 g/mol. The van der Waals surface area contributed by atoms with Crippen LogP contribution in [0.5, 0.6) is 5.75 Å². The number of aromatic nitrogens is 1. The fourth-order valence-electron chi connectivity index (χ4n) is 1.49. The summed E-state index contributed by atoms with van der Waals surface area (Å²) in [6.45, 7) is 0. The highest BCUT2D eigenvalue weighted by Gasteiger charge is 2.10. The van der Waals surface area contributed by atoms with Crippen molar-refractivity contribution in [2.24, 2.45) is 0 Å². The average molecular weight is 278 g/mol. The number of anilines is 2. The first-order valence-electron chi connectivity index (χ1n) is 5.47. The SMILES string of the molecule is COc1ccc(Cl)c(NC(=O)c2cccc(N)n2)c1. The highest BCUT2D eigenvalue weighted by molar-refractivity contribution is 6.34. The Hall–Kier alpha value is -2.27. The van der Waals surface area contributed by atoms with Crippen LogP contribution >= 0.6 is 11.6 Å². The first-order chi connectivity index (χ1) is 9.10. The molecule has 0 saturated heterocycles. The van der Waals surface area contributed by atoms with Crippen LogP contribution in [0.4, 0.5) is 11.5 Å². The lowest BCUT2D eigenvalue weighted by Crippen LogP contribution is -2.14. The maximum Gasteiger partial charge on any atom is 0.274 e. The molecule has 0 saturated carbocycles. The quantitative estimate of drug-likeness (QED) is 0.904. The topological polar surface area (TPSA) is 77.2 Å². The Morgan fingerprint density at radius 2 is 2.16 bits per heavy atom. The Labute approximate surface area is 115 Å². The largest absolute Gasteiger partial charge is 0.497 e. The number of ether oxygens (including phenoxy) is 1. The third kappa shape index (κ3) is 3.14. The molecule has 0 spiro atoms. The van der Waals surface area contributed by atoms with Gasteiger partial charge in [-0.3, -0.25) is 4.79 Å². The van der Waals surface area contributed by atoms with E-state index in [9.17, 15) is 4.79 Å². The van der Waals surface area contributed by atoms with E-state index in [4.69, 9.17) is 22.1 Å². The second kappa shape index (κ2) is 5.58. The van der Waals surface area contributed by atoms with Gasteiger partial charge in [0.1, 0.15) is 17.3 Å². The Balaban J connectivity index is 2.23. The van der Waals surface area contributed by atoms with Gasteiger partial charge in [0, 0.05) is 6.07 Å². The summed E-state index contributed by atoms with van der Waals surface area (Å²) in [5.74, 6) is 0.493. The first-order valence-corrected chi connectivity index (χ1v) is 5.85. The van der Waals surface area contributed by atoms with E-state index >= 15 is 0 Å². The molecule has 0 radical (unpaired) electrons. The van der Waals surface area contributed by atoms with Crippen LogP contribution in [0.2, 0.25) is 5.02 Å². The Bertz CT molecular complexity index is 617. The number of hydrogen-bond acceptors (Lipinski definition) is 4. The Morgan fingerprint density at radius 1 is 1.37 bits per heavy atom. The van der Waals surface area contributed by atoms with E-state index in [1.54, 1.807) is 36.4 Å². The number of nitrogens with two attached hydrogens (primary N) is 1. The zero-order valence-corrected chi connectivity index (χ0v) is 10.9. The number of halogens is 1. The summed E-state index contributed by atoms with van der Waals surface area (Å²) < 4.78 is 5.07. The highest BCUT2D eigenvalue weighted by Crippen LogP contribution is 2.26. The van der Waals surface area contributed by atoms with Crippen molar-refractivity contribution < 1.29 is 9.53 Å². The number of carbonyl (C=O) groups excluding carboxylic acids is 1. The third-order valence-corrected chi connectivity index (χ3v) is 2.75. The number of amides is 1. The molecule has 2 rings (SSSR count). The van der Waals surface area contributed by atoms with E-state index in [1.807, 2.05) is 0 Å². The van der Waals surface area contributed by atoms with E-state index in [0.717, 1.165) is 0 Å². The molecule has 3 N–H and O–H groups in total. The Kier molecular flexibility index (Phi) is 3.87. The van der Waals surface area contributed by atoms with Crippen LogP contribution in [0.15, 0.2) is 36.4 Å². The van der Waals surface area contributed by atoms with E-state index in [-0.39, 0.29) is 17.4 Å². The second-order valence-electron chi connectivity index (χ2n) is 3.75. The maximum absolute atomic E-state index is 12.0. The molecule has 0 unspecified atom stereocenters. The van der Waals surface area contributed by atoms with Gasteiger partial charge in [-0.05, 0) is 24.3 Å². The minimum absolute atomic E-state index is 0.221. The van der Waals surface area contributed by atoms with E-state index in [2.05, 4.69) is 10.3 Å². The fourth-order valence-corrected chi connectivity index (χ4v) is 1.66. The van der Waals surface area contributed by atoms with Crippen LogP contribution in [-0.4, -0.2) is 18.0 Å². The fraction of sp³-hybridized carbons (Fsp3) is 0.0769. The number of nitrogens with zero attached hydrogens (tertiary/aromatic N) is 1. The summed E-state index contributed by atoms with van der Waals surface area (Å²) in [7, 11) is 1.54. The maximum atomic E-state index is 12.0. The van der Waals surface area contributed by atoms with E-state index in [1.165, 1.54) is 7.11 Å². The van der Waals surface area contributed by atoms with Crippen molar-refractivity contribution in [2.45, 2.75) is 0 Å². The van der Waals surface area contributed by atoms with Crippen LogP contribution < -0.4 is 15.8 Å². The molecular formula is C13H12ClN3O2. The minimum Gasteiger partial charge on any atom is -0.497 e. The summed E-state index contributed by atoms with van der Waals surface area (Å²) in [6, 6.07) is 9.81. The molecule has 1 amide bonds. The van der Waals surface area contributed by atoms with Gasteiger partial charge >= 0.3 is 0 Å². The van der Waals surface area contributed by atoms with Crippen molar-refractivity contribution in [1.29, 1.82) is 0 Å². The first kappa shape index (κ1) is 13.2. The van der Waals surface area contributed by atoms with Gasteiger partial charge in [-0.15, -0.1) is 0 Å². The van der Waals surface area contributed by atoms with E-state index in [0.29, 0.717) is 16.5 Å². The van der Waals surface area contributed by atoms with Crippen molar-refractivity contribution in [1.82, 2.24) is 4.98 Å². The van der Waals surface area contributed by atoms with Gasteiger partial charge in [-0.2, -0.15) is 0 Å². The number of nitrogen functional groups attached to an aromatic ring is 1. The number of carbonyl (C=O) groups is 1. The van der Waals surface area contributed by atoms with Crippen LogP contribution in [0.3, 0.4) is 0 Å². The predicted octanol–water partition coefficient (Wildman–Crippen LogP) is 2.58. The smallest absolute Gasteiger partial charge is 0.274 e. The molecule has 98 valence electrons. The van der Waals surface area contributed by atoms with Crippen molar-refractivity contribution in [3.8, 4) is 5.75 Å². The van der Waals surface area contributed by atoms with Crippen molar-refractivity contribution in [3.05, 3.63) is 47.1 Å². The molecule has 0 fully saturated rings. The summed E-state index contributed by atoms with van der Waals surface area (Å²) in [5, 5.41) is 3.07. The zero-order valence-electron chi connectivity index (χ0n) is 10.2. The van der Waals surface area contributed by atoms with Crippen LogP contribution in [0.25, 0.3) is 0 Å². The zero-order chi connectivity index (χ0) is 13.8. The number of methoxy groups -OCH3 is 1. The van der Waals surface area contributed by atoms with Gasteiger partial charge in [0.25, 0.3) is 5.91 Å². The van der Waals surface area contributed by atoms with Crippen molar-refractivity contribution in [3.63, 3.8) is 0 Å². The molecule has 19 heavy (non-hydrogen) atoms. The molecule has 0 aliphatic rings. The molecule has 0 aliphatic carbocycles. The summed E-state index contributed by atoms with van der Waals surface area (Å²) in [5.41, 5.74) is 6.20.